The Balaban J connectivity index is 1.16. The number of rotatable bonds is 3. The summed E-state index contributed by atoms with van der Waals surface area (Å²) < 4.78 is 73.9. The number of hydrogen-bond donors (Lipinski definition) is 0. The van der Waals surface area contributed by atoms with Crippen LogP contribution >= 0.6 is 0 Å². The predicted molar refractivity (Wildman–Crippen MR) is 125 cm³/mol. The molecule has 8 nitrogen and oxygen atoms in total. The first kappa shape index (κ1) is 25.3. The van der Waals surface area contributed by atoms with Crippen molar-refractivity contribution in [3.05, 3.63) is 29.6 Å². The minimum Gasteiger partial charge on any atom is -0.485 e. The molecule has 198 valence electrons. The number of amides is 1. The van der Waals surface area contributed by atoms with Crippen molar-refractivity contribution in [2.75, 3.05) is 32.4 Å². The molecule has 0 aromatic carbocycles. The number of alkyl halides is 3. The average molecular weight is 530 g/mol. The van der Waals surface area contributed by atoms with E-state index in [1.54, 1.807) is 6.20 Å². The molecule has 2 fully saturated rings. The predicted octanol–water partition coefficient (Wildman–Crippen LogP) is 3.77. The lowest BCUT2D eigenvalue weighted by atomic mass is 9.54. The van der Waals surface area contributed by atoms with E-state index in [2.05, 4.69) is 9.72 Å². The molecular formula is C24H30F3N3O5S. The third kappa shape index (κ3) is 4.81. The van der Waals surface area contributed by atoms with Crippen molar-refractivity contribution in [2.24, 2.45) is 5.41 Å². The van der Waals surface area contributed by atoms with Crippen LogP contribution in [0.4, 0.5) is 18.0 Å². The molecule has 3 aliphatic heterocycles. The summed E-state index contributed by atoms with van der Waals surface area (Å²) in [6.07, 6.45) is 1.71. The summed E-state index contributed by atoms with van der Waals surface area (Å²) in [5, 5.41) is 0. The van der Waals surface area contributed by atoms with Gasteiger partial charge in [-0.05, 0) is 56.1 Å². The second-order valence-corrected chi connectivity index (χ2v) is 12.6. The van der Waals surface area contributed by atoms with Crippen molar-refractivity contribution in [2.45, 2.75) is 63.3 Å². The lowest BCUT2D eigenvalue weighted by molar-refractivity contribution is -0.200. The van der Waals surface area contributed by atoms with E-state index >= 15 is 0 Å². The van der Waals surface area contributed by atoms with Crippen molar-refractivity contribution in [3.8, 4) is 5.75 Å². The first-order valence-corrected chi connectivity index (χ1v) is 14.0. The van der Waals surface area contributed by atoms with Gasteiger partial charge in [-0.25, -0.2) is 13.2 Å². The highest BCUT2D eigenvalue weighted by Gasteiger charge is 2.59. The highest BCUT2D eigenvalue weighted by Crippen LogP contribution is 2.60. The lowest BCUT2D eigenvalue weighted by Crippen LogP contribution is -2.59. The number of likely N-dealkylation sites (tertiary alicyclic amines) is 1. The third-order valence-corrected chi connectivity index (χ3v) is 9.24. The molecule has 36 heavy (non-hydrogen) atoms. The summed E-state index contributed by atoms with van der Waals surface area (Å²) in [4.78, 5) is 18.1. The summed E-state index contributed by atoms with van der Waals surface area (Å²) in [5.74, 6) is 0.768. The van der Waals surface area contributed by atoms with Crippen molar-refractivity contribution < 1.29 is 35.9 Å². The largest absolute Gasteiger partial charge is 0.485 e. The number of pyridine rings is 1. The van der Waals surface area contributed by atoms with Gasteiger partial charge in [0.05, 0.1) is 18.1 Å². The molecule has 1 aliphatic carbocycles. The number of aromatic nitrogens is 1. The Kier molecular flexibility index (Phi) is 6.06. The van der Waals surface area contributed by atoms with Crippen LogP contribution in [0.5, 0.6) is 5.75 Å². The number of hydrogen-bond acceptors (Lipinski definition) is 6. The number of carbonyl (C=O) groups excluding carboxylic acids is 1. The van der Waals surface area contributed by atoms with Crippen molar-refractivity contribution in [1.29, 1.82) is 0 Å². The van der Waals surface area contributed by atoms with Gasteiger partial charge in [-0.1, -0.05) is 6.08 Å². The Labute approximate surface area is 208 Å². The highest BCUT2D eigenvalue weighted by atomic mass is 32.2. The molecule has 0 radical (unpaired) electrons. The first-order valence-electron chi connectivity index (χ1n) is 12.1. The second kappa shape index (κ2) is 8.61. The molecular weight excluding hydrogens is 499 g/mol. The SMILES string of the molecule is CC(OC(=O)N1CCC2(CC1)CC1(Cc3cc(C4=CCN(S(C)(=O)=O)CC4)ncc3O1)C2)C(F)(F)F. The summed E-state index contributed by atoms with van der Waals surface area (Å²) in [6.45, 7) is 2.36. The van der Waals surface area contributed by atoms with E-state index < -0.39 is 28.4 Å². The number of piperidine rings is 1. The summed E-state index contributed by atoms with van der Waals surface area (Å²) in [5.41, 5.74) is 2.68. The molecule has 1 aromatic heterocycles. The quantitative estimate of drug-likeness (QED) is 0.593. The van der Waals surface area contributed by atoms with Gasteiger partial charge in [-0.3, -0.25) is 4.98 Å². The van der Waals surface area contributed by atoms with Gasteiger partial charge in [-0.15, -0.1) is 0 Å². The minimum atomic E-state index is -4.57. The zero-order chi connectivity index (χ0) is 25.9. The van der Waals surface area contributed by atoms with Crippen LogP contribution in [0.15, 0.2) is 18.3 Å². The van der Waals surface area contributed by atoms with E-state index in [9.17, 15) is 26.4 Å². The molecule has 1 aromatic rings. The molecule has 1 saturated heterocycles. The molecule has 1 unspecified atom stereocenters. The van der Waals surface area contributed by atoms with Gasteiger partial charge in [0.25, 0.3) is 0 Å². The van der Waals surface area contributed by atoms with Gasteiger partial charge in [0, 0.05) is 38.2 Å². The lowest BCUT2D eigenvalue weighted by Gasteiger charge is -2.56. The average Bonchev–Trinajstić information content (AvgIpc) is 3.16. The van der Waals surface area contributed by atoms with Gasteiger partial charge in [0.2, 0.25) is 10.0 Å². The smallest absolute Gasteiger partial charge is 0.425 e. The minimum absolute atomic E-state index is 0.0196. The topological polar surface area (TPSA) is 89.0 Å². The second-order valence-electron chi connectivity index (χ2n) is 10.6. The van der Waals surface area contributed by atoms with E-state index in [0.717, 1.165) is 48.8 Å². The zero-order valence-corrected chi connectivity index (χ0v) is 21.1. The fourth-order valence-corrected chi connectivity index (χ4v) is 6.78. The molecule has 4 heterocycles. The summed E-state index contributed by atoms with van der Waals surface area (Å²) in [7, 11) is -3.21. The maximum Gasteiger partial charge on any atom is 0.425 e. The number of fused-ring (bicyclic) bond motifs is 1. The molecule has 1 amide bonds. The van der Waals surface area contributed by atoms with Crippen molar-refractivity contribution in [1.82, 2.24) is 14.2 Å². The van der Waals surface area contributed by atoms with Crippen LogP contribution < -0.4 is 4.74 Å². The number of carbonyl (C=O) groups is 1. The Hall–Kier alpha value is -2.34. The Morgan fingerprint density at radius 1 is 1.22 bits per heavy atom. The molecule has 12 heteroatoms. The number of ether oxygens (including phenoxy) is 2. The Morgan fingerprint density at radius 2 is 1.92 bits per heavy atom. The van der Waals surface area contributed by atoms with Crippen LogP contribution in [-0.2, 0) is 21.2 Å². The van der Waals surface area contributed by atoms with E-state index in [0.29, 0.717) is 45.4 Å². The summed E-state index contributed by atoms with van der Waals surface area (Å²) in [6, 6.07) is 2.04. The first-order chi connectivity index (χ1) is 16.8. The van der Waals surface area contributed by atoms with Crippen molar-refractivity contribution >= 4 is 21.7 Å². The van der Waals surface area contributed by atoms with Crippen LogP contribution in [-0.4, -0.2) is 79.0 Å². The van der Waals surface area contributed by atoms with Crippen molar-refractivity contribution in [3.63, 3.8) is 0 Å². The van der Waals surface area contributed by atoms with E-state index in [1.807, 2.05) is 12.1 Å². The van der Waals surface area contributed by atoms with Gasteiger partial charge in [0.1, 0.15) is 11.4 Å². The maximum atomic E-state index is 12.7. The normalized spacial score (nSPS) is 24.0. The van der Waals surface area contributed by atoms with Crippen LogP contribution in [0.3, 0.4) is 0 Å². The van der Waals surface area contributed by atoms with Crippen LogP contribution in [0.2, 0.25) is 0 Å². The van der Waals surface area contributed by atoms with Crippen LogP contribution in [0, 0.1) is 5.41 Å². The van der Waals surface area contributed by atoms with Crippen LogP contribution in [0.1, 0.15) is 50.3 Å². The number of halogens is 3. The standard InChI is InChI=1S/C24H30F3N3O5S/c1-16(24(25,26)27)34-21(31)29-9-5-22(6-10-29)14-23(15-22)12-18-11-19(28-13-20(18)35-23)17-3-7-30(8-4-17)36(2,32)33/h3,11,13,16H,4-10,12,14-15H2,1-2H3. The van der Waals surface area contributed by atoms with E-state index in [1.165, 1.54) is 15.5 Å². The van der Waals surface area contributed by atoms with E-state index in [4.69, 9.17) is 4.74 Å². The van der Waals surface area contributed by atoms with Gasteiger partial charge in [0.15, 0.2) is 6.10 Å². The molecule has 5 rings (SSSR count). The third-order valence-electron chi connectivity index (χ3n) is 7.97. The van der Waals surface area contributed by atoms with E-state index in [-0.39, 0.29) is 11.0 Å². The monoisotopic (exact) mass is 529 g/mol. The summed E-state index contributed by atoms with van der Waals surface area (Å²) >= 11 is 0. The maximum absolute atomic E-state index is 12.7. The van der Waals surface area contributed by atoms with Gasteiger partial charge >= 0.3 is 12.3 Å². The molecule has 1 atom stereocenters. The zero-order valence-electron chi connectivity index (χ0n) is 20.3. The Bertz CT molecular complexity index is 1180. The molecule has 0 N–H and O–H groups in total. The Morgan fingerprint density at radius 3 is 2.50 bits per heavy atom. The molecule has 4 aliphatic rings. The van der Waals surface area contributed by atoms with Crippen LogP contribution in [0.25, 0.3) is 5.57 Å². The van der Waals surface area contributed by atoms with Gasteiger partial charge < -0.3 is 14.4 Å². The number of sulfonamides is 1. The van der Waals surface area contributed by atoms with Gasteiger partial charge in [-0.2, -0.15) is 17.5 Å². The molecule has 1 saturated carbocycles. The number of nitrogens with zero attached hydrogens (tertiary/aromatic N) is 3. The fourth-order valence-electron chi connectivity index (χ4n) is 6.01. The molecule has 2 spiro atoms. The fraction of sp³-hybridized carbons (Fsp3) is 0.667. The highest BCUT2D eigenvalue weighted by molar-refractivity contribution is 7.88. The molecule has 0 bridgehead atoms.